The molecule has 2 heterocycles. The summed E-state index contributed by atoms with van der Waals surface area (Å²) in [6.07, 6.45) is -2.49. The topological polar surface area (TPSA) is 57.7 Å². The normalized spacial score (nSPS) is 16.4. The number of rotatable bonds is 7. The number of alkyl halides is 3. The molecule has 31 heavy (non-hydrogen) atoms. The highest BCUT2D eigenvalue weighted by Crippen LogP contribution is 2.44. The van der Waals surface area contributed by atoms with Gasteiger partial charge in [0.25, 0.3) is 0 Å². The predicted octanol–water partition coefficient (Wildman–Crippen LogP) is 4.58. The molecule has 1 aromatic heterocycles. The SMILES string of the molecule is COC1=CN(CC(O)(CC(C)(C)c2cc(F)ccc2OC)C(F)(F)F)Cc2[nH]ccc21. The Morgan fingerprint density at radius 2 is 1.84 bits per heavy atom. The summed E-state index contributed by atoms with van der Waals surface area (Å²) in [7, 11) is 2.79. The Hall–Kier alpha value is -2.68. The van der Waals surface area contributed by atoms with Crippen LogP contribution in [0.4, 0.5) is 17.6 Å². The van der Waals surface area contributed by atoms with Crippen LogP contribution in [-0.4, -0.2) is 47.5 Å². The highest BCUT2D eigenvalue weighted by Gasteiger charge is 2.57. The van der Waals surface area contributed by atoms with Gasteiger partial charge in [0.05, 0.1) is 27.3 Å². The molecule has 3 rings (SSSR count). The lowest BCUT2D eigenvalue weighted by Crippen LogP contribution is -2.55. The maximum Gasteiger partial charge on any atom is 0.418 e. The molecule has 0 radical (unpaired) electrons. The van der Waals surface area contributed by atoms with Crippen LogP contribution in [0.15, 0.2) is 36.7 Å². The highest BCUT2D eigenvalue weighted by atomic mass is 19.4. The molecule has 1 unspecified atom stereocenters. The van der Waals surface area contributed by atoms with Crippen LogP contribution >= 0.6 is 0 Å². The van der Waals surface area contributed by atoms with Crippen molar-refractivity contribution in [2.75, 3.05) is 20.8 Å². The van der Waals surface area contributed by atoms with Gasteiger partial charge in [-0.3, -0.25) is 0 Å². The van der Waals surface area contributed by atoms with Crippen LogP contribution in [0.3, 0.4) is 0 Å². The largest absolute Gasteiger partial charge is 0.496 e. The molecule has 1 aliphatic heterocycles. The zero-order chi connectivity index (χ0) is 23.0. The third-order valence-corrected chi connectivity index (χ3v) is 5.60. The predicted molar refractivity (Wildman–Crippen MR) is 108 cm³/mol. The van der Waals surface area contributed by atoms with Gasteiger partial charge in [0.15, 0.2) is 5.60 Å². The summed E-state index contributed by atoms with van der Waals surface area (Å²) in [6.45, 7) is 2.48. The third kappa shape index (κ3) is 4.51. The highest BCUT2D eigenvalue weighted by molar-refractivity contribution is 5.63. The Morgan fingerprint density at radius 1 is 1.13 bits per heavy atom. The molecule has 0 aliphatic carbocycles. The molecule has 0 amide bonds. The Labute approximate surface area is 178 Å². The van der Waals surface area contributed by atoms with Gasteiger partial charge in [0.2, 0.25) is 0 Å². The molecule has 170 valence electrons. The van der Waals surface area contributed by atoms with Crippen LogP contribution in [0.2, 0.25) is 0 Å². The Morgan fingerprint density at radius 3 is 2.45 bits per heavy atom. The van der Waals surface area contributed by atoms with E-state index < -0.39 is 36.0 Å². The van der Waals surface area contributed by atoms with Crippen molar-refractivity contribution in [1.82, 2.24) is 9.88 Å². The maximum atomic E-state index is 14.1. The lowest BCUT2D eigenvalue weighted by atomic mass is 9.74. The van der Waals surface area contributed by atoms with Crippen molar-refractivity contribution < 1.29 is 32.1 Å². The number of nitrogens with zero attached hydrogens (tertiary/aromatic N) is 1. The lowest BCUT2D eigenvalue weighted by Gasteiger charge is -2.41. The van der Waals surface area contributed by atoms with Gasteiger partial charge in [0, 0.05) is 29.2 Å². The van der Waals surface area contributed by atoms with Gasteiger partial charge in [-0.2, -0.15) is 13.2 Å². The van der Waals surface area contributed by atoms with Crippen LogP contribution in [0.1, 0.15) is 37.1 Å². The summed E-state index contributed by atoms with van der Waals surface area (Å²) >= 11 is 0. The monoisotopic (exact) mass is 442 g/mol. The van der Waals surface area contributed by atoms with Crippen molar-refractivity contribution >= 4 is 5.76 Å². The molecule has 1 aliphatic rings. The van der Waals surface area contributed by atoms with Crippen molar-refractivity contribution in [1.29, 1.82) is 0 Å². The van der Waals surface area contributed by atoms with Crippen LogP contribution in [-0.2, 0) is 16.7 Å². The second-order valence-corrected chi connectivity index (χ2v) is 8.41. The minimum absolute atomic E-state index is 0.150. The van der Waals surface area contributed by atoms with E-state index in [1.54, 1.807) is 12.3 Å². The molecule has 1 atom stereocenters. The van der Waals surface area contributed by atoms with Crippen molar-refractivity contribution in [2.45, 2.75) is 44.0 Å². The first-order chi connectivity index (χ1) is 14.4. The Kier molecular flexibility index (Phi) is 6.01. The minimum atomic E-state index is -4.93. The number of β-amino-alcohol motifs (C(OH)–C–C–N with tert-alkyl or cyclic N) is 1. The van der Waals surface area contributed by atoms with E-state index in [1.165, 1.54) is 51.3 Å². The summed E-state index contributed by atoms with van der Waals surface area (Å²) in [5.41, 5.74) is -2.63. The van der Waals surface area contributed by atoms with Gasteiger partial charge in [-0.15, -0.1) is 0 Å². The van der Waals surface area contributed by atoms with Crippen LogP contribution in [0.5, 0.6) is 5.75 Å². The van der Waals surface area contributed by atoms with Crippen molar-refractivity contribution in [3.8, 4) is 5.75 Å². The van der Waals surface area contributed by atoms with E-state index in [1.807, 2.05) is 0 Å². The quantitative estimate of drug-likeness (QED) is 0.617. The van der Waals surface area contributed by atoms with Crippen molar-refractivity contribution in [2.24, 2.45) is 0 Å². The average Bonchev–Trinajstić information content (AvgIpc) is 3.14. The molecule has 0 saturated carbocycles. The number of hydrogen-bond acceptors (Lipinski definition) is 4. The van der Waals surface area contributed by atoms with Crippen LogP contribution in [0.25, 0.3) is 5.76 Å². The second kappa shape index (κ2) is 8.11. The van der Waals surface area contributed by atoms with Crippen LogP contribution in [0, 0.1) is 5.82 Å². The van der Waals surface area contributed by atoms with E-state index in [-0.39, 0.29) is 17.9 Å². The molecule has 5 nitrogen and oxygen atoms in total. The molecule has 1 aromatic carbocycles. The first-order valence-electron chi connectivity index (χ1n) is 9.70. The van der Waals surface area contributed by atoms with Gasteiger partial charge in [-0.25, -0.2) is 4.39 Å². The van der Waals surface area contributed by atoms with E-state index in [4.69, 9.17) is 9.47 Å². The molecule has 0 saturated heterocycles. The first-order valence-corrected chi connectivity index (χ1v) is 9.70. The van der Waals surface area contributed by atoms with Crippen molar-refractivity contribution in [3.05, 3.63) is 59.3 Å². The molecular weight excluding hydrogens is 416 g/mol. The Balaban J connectivity index is 1.94. The van der Waals surface area contributed by atoms with E-state index >= 15 is 0 Å². The zero-order valence-electron chi connectivity index (χ0n) is 17.8. The minimum Gasteiger partial charge on any atom is -0.496 e. The Bertz CT molecular complexity index is 968. The fraction of sp³-hybridized carbons (Fsp3) is 0.455. The fourth-order valence-corrected chi connectivity index (χ4v) is 4.13. The summed E-state index contributed by atoms with van der Waals surface area (Å²) in [5.74, 6) is 0.0620. The number of aromatic nitrogens is 1. The van der Waals surface area contributed by atoms with E-state index in [2.05, 4.69) is 4.98 Å². The molecule has 2 N–H and O–H groups in total. The summed E-state index contributed by atoms with van der Waals surface area (Å²) in [6, 6.07) is 5.46. The number of nitrogens with one attached hydrogen (secondary N) is 1. The summed E-state index contributed by atoms with van der Waals surface area (Å²) in [4.78, 5) is 4.35. The molecule has 9 heteroatoms. The van der Waals surface area contributed by atoms with E-state index in [0.29, 0.717) is 11.5 Å². The number of methoxy groups -OCH3 is 2. The van der Waals surface area contributed by atoms with Gasteiger partial charge in [0.1, 0.15) is 17.3 Å². The molecular formula is C22H26F4N2O3. The standard InChI is InChI=1S/C22H26F4N2O3/c1-20(2,16-9-14(23)5-6-18(16)30-3)12-21(29,22(24,25)26)13-28-10-17-15(7-8-27-17)19(11-28)31-4/h5-9,11,27,29H,10,12-13H2,1-4H3. The number of hydrogen-bond donors (Lipinski definition) is 2. The number of aliphatic hydroxyl groups is 1. The number of fused-ring (bicyclic) bond motifs is 1. The second-order valence-electron chi connectivity index (χ2n) is 8.41. The number of halogens is 4. The van der Waals surface area contributed by atoms with E-state index in [9.17, 15) is 22.7 Å². The summed E-state index contributed by atoms with van der Waals surface area (Å²) in [5, 5.41) is 10.9. The van der Waals surface area contributed by atoms with Gasteiger partial charge in [-0.1, -0.05) is 13.8 Å². The molecule has 0 bridgehead atoms. The van der Waals surface area contributed by atoms with Crippen molar-refractivity contribution in [3.63, 3.8) is 0 Å². The van der Waals surface area contributed by atoms with E-state index in [0.717, 1.165) is 11.6 Å². The number of H-pyrrole nitrogens is 1. The molecule has 0 fully saturated rings. The molecule has 0 spiro atoms. The first kappa shape index (κ1) is 23.0. The van der Waals surface area contributed by atoms with Gasteiger partial charge in [-0.05, 0) is 36.1 Å². The maximum absolute atomic E-state index is 14.1. The zero-order valence-corrected chi connectivity index (χ0v) is 17.8. The van der Waals surface area contributed by atoms with Gasteiger partial charge < -0.3 is 24.5 Å². The number of ether oxygens (including phenoxy) is 2. The smallest absolute Gasteiger partial charge is 0.418 e. The number of benzene rings is 1. The summed E-state index contributed by atoms with van der Waals surface area (Å²) < 4.78 is 66.8. The average molecular weight is 442 g/mol. The lowest BCUT2D eigenvalue weighted by molar-refractivity contribution is -0.270. The van der Waals surface area contributed by atoms with Gasteiger partial charge >= 0.3 is 6.18 Å². The molecule has 2 aromatic rings. The van der Waals surface area contributed by atoms with Crippen LogP contribution < -0.4 is 4.74 Å². The number of aromatic amines is 1. The third-order valence-electron chi connectivity index (χ3n) is 5.60. The fourth-order valence-electron chi connectivity index (χ4n) is 4.13.